The molecule has 1 aromatic carbocycles. The number of rotatable bonds is 4. The summed E-state index contributed by atoms with van der Waals surface area (Å²) >= 11 is 0. The minimum absolute atomic E-state index is 0.868. The first kappa shape index (κ1) is 12.8. The van der Waals surface area contributed by atoms with E-state index in [2.05, 4.69) is 55.3 Å². The zero-order valence-electron chi connectivity index (χ0n) is 11.3. The highest BCUT2D eigenvalue weighted by Gasteiger charge is 2.01. The molecule has 0 bridgehead atoms. The van der Waals surface area contributed by atoms with E-state index in [-0.39, 0.29) is 0 Å². The van der Waals surface area contributed by atoms with Crippen LogP contribution in [0, 0.1) is 20.8 Å². The topological polar surface area (TPSA) is 24.9 Å². The molecule has 18 heavy (non-hydrogen) atoms. The van der Waals surface area contributed by atoms with E-state index in [1.54, 1.807) is 0 Å². The minimum Gasteiger partial charge on any atom is -0.309 e. The zero-order valence-corrected chi connectivity index (χ0v) is 11.3. The van der Waals surface area contributed by atoms with Crippen molar-refractivity contribution in [2.75, 3.05) is 0 Å². The van der Waals surface area contributed by atoms with Gasteiger partial charge in [0.1, 0.15) is 0 Å². The number of hydrogen-bond donors (Lipinski definition) is 1. The molecule has 94 valence electrons. The van der Waals surface area contributed by atoms with Gasteiger partial charge in [0.15, 0.2) is 0 Å². The van der Waals surface area contributed by atoms with Gasteiger partial charge in [-0.1, -0.05) is 18.2 Å². The maximum absolute atomic E-state index is 4.16. The lowest BCUT2D eigenvalue weighted by molar-refractivity contribution is 0.685. The van der Waals surface area contributed by atoms with Gasteiger partial charge < -0.3 is 5.32 Å². The summed E-state index contributed by atoms with van der Waals surface area (Å²) < 4.78 is 0. The Morgan fingerprint density at radius 1 is 0.944 bits per heavy atom. The van der Waals surface area contributed by atoms with Crippen LogP contribution in [0.4, 0.5) is 0 Å². The van der Waals surface area contributed by atoms with Crippen molar-refractivity contribution in [2.45, 2.75) is 33.9 Å². The lowest BCUT2D eigenvalue weighted by atomic mass is 10.0. The number of aromatic nitrogens is 1. The molecule has 0 atom stereocenters. The molecule has 0 aliphatic carbocycles. The minimum atomic E-state index is 0.868. The number of aryl methyl sites for hydroxylation is 2. The molecule has 0 radical (unpaired) electrons. The Balaban J connectivity index is 1.97. The molecule has 1 heterocycles. The summed E-state index contributed by atoms with van der Waals surface area (Å²) in [7, 11) is 0. The molecule has 2 nitrogen and oxygen atoms in total. The SMILES string of the molecule is Cc1ccncc1CNCc1cccc(C)c1C. The molecule has 0 unspecified atom stereocenters. The summed E-state index contributed by atoms with van der Waals surface area (Å²) in [6, 6.07) is 8.51. The van der Waals surface area contributed by atoms with Gasteiger partial charge in [0.25, 0.3) is 0 Å². The van der Waals surface area contributed by atoms with E-state index < -0.39 is 0 Å². The van der Waals surface area contributed by atoms with Crippen LogP contribution in [0.15, 0.2) is 36.7 Å². The number of nitrogens with one attached hydrogen (secondary N) is 1. The Labute approximate surface area is 109 Å². The van der Waals surface area contributed by atoms with Crippen LogP contribution in [0.2, 0.25) is 0 Å². The van der Waals surface area contributed by atoms with Gasteiger partial charge in [-0.15, -0.1) is 0 Å². The summed E-state index contributed by atoms with van der Waals surface area (Å²) in [5.74, 6) is 0. The number of pyridine rings is 1. The predicted molar refractivity (Wildman–Crippen MR) is 75.4 cm³/mol. The van der Waals surface area contributed by atoms with E-state index in [4.69, 9.17) is 0 Å². The molecule has 0 saturated carbocycles. The van der Waals surface area contributed by atoms with Gasteiger partial charge in [-0.3, -0.25) is 4.98 Å². The van der Waals surface area contributed by atoms with E-state index >= 15 is 0 Å². The van der Waals surface area contributed by atoms with Gasteiger partial charge in [-0.25, -0.2) is 0 Å². The standard InChI is InChI=1S/C16H20N2/c1-12-5-4-6-15(14(12)3)9-18-11-16-10-17-8-7-13(16)2/h4-8,10,18H,9,11H2,1-3H3. The van der Waals surface area contributed by atoms with E-state index in [9.17, 15) is 0 Å². The van der Waals surface area contributed by atoms with E-state index in [1.165, 1.54) is 27.8 Å². The molecular formula is C16H20N2. The summed E-state index contributed by atoms with van der Waals surface area (Å²) in [5.41, 5.74) is 6.66. The molecule has 0 aliphatic heterocycles. The van der Waals surface area contributed by atoms with Crippen LogP contribution in [0.1, 0.15) is 27.8 Å². The Hall–Kier alpha value is -1.67. The Morgan fingerprint density at radius 2 is 1.72 bits per heavy atom. The van der Waals surface area contributed by atoms with Crippen LogP contribution in [0.3, 0.4) is 0 Å². The lowest BCUT2D eigenvalue weighted by Crippen LogP contribution is -2.14. The van der Waals surface area contributed by atoms with Crippen LogP contribution in [0.25, 0.3) is 0 Å². The fraction of sp³-hybridized carbons (Fsp3) is 0.312. The van der Waals surface area contributed by atoms with Crippen LogP contribution < -0.4 is 5.32 Å². The third-order valence-corrected chi connectivity index (χ3v) is 3.50. The largest absolute Gasteiger partial charge is 0.309 e. The number of nitrogens with zero attached hydrogens (tertiary/aromatic N) is 1. The molecule has 2 aromatic rings. The molecule has 0 amide bonds. The Morgan fingerprint density at radius 3 is 2.50 bits per heavy atom. The summed E-state index contributed by atoms with van der Waals surface area (Å²) in [5, 5.41) is 3.49. The average molecular weight is 240 g/mol. The van der Waals surface area contributed by atoms with Crippen molar-refractivity contribution in [3.05, 3.63) is 64.5 Å². The van der Waals surface area contributed by atoms with Gasteiger partial charge >= 0.3 is 0 Å². The van der Waals surface area contributed by atoms with Crippen molar-refractivity contribution in [3.63, 3.8) is 0 Å². The van der Waals surface area contributed by atoms with Crippen molar-refractivity contribution < 1.29 is 0 Å². The molecule has 1 N–H and O–H groups in total. The van der Waals surface area contributed by atoms with E-state index in [0.29, 0.717) is 0 Å². The number of hydrogen-bond acceptors (Lipinski definition) is 2. The highest BCUT2D eigenvalue weighted by atomic mass is 14.9. The lowest BCUT2D eigenvalue weighted by Gasteiger charge is -2.10. The van der Waals surface area contributed by atoms with Gasteiger partial charge in [0.2, 0.25) is 0 Å². The first-order valence-electron chi connectivity index (χ1n) is 6.34. The van der Waals surface area contributed by atoms with Gasteiger partial charge in [0, 0.05) is 25.5 Å². The molecule has 1 aromatic heterocycles. The summed E-state index contributed by atoms with van der Waals surface area (Å²) in [6.45, 7) is 8.23. The molecule has 2 heteroatoms. The van der Waals surface area contributed by atoms with Crippen molar-refractivity contribution in [3.8, 4) is 0 Å². The highest BCUT2D eigenvalue weighted by Crippen LogP contribution is 2.12. The molecule has 0 aliphatic rings. The maximum atomic E-state index is 4.16. The normalized spacial score (nSPS) is 10.6. The van der Waals surface area contributed by atoms with Crippen molar-refractivity contribution in [1.82, 2.24) is 10.3 Å². The first-order valence-corrected chi connectivity index (χ1v) is 6.34. The van der Waals surface area contributed by atoms with Crippen LogP contribution in [-0.2, 0) is 13.1 Å². The van der Waals surface area contributed by atoms with E-state index in [1.807, 2.05) is 12.4 Å². The molecule has 2 rings (SSSR count). The first-order chi connectivity index (χ1) is 8.68. The third kappa shape index (κ3) is 2.96. The molecule has 0 fully saturated rings. The van der Waals surface area contributed by atoms with Crippen LogP contribution in [0.5, 0.6) is 0 Å². The Kier molecular flexibility index (Phi) is 4.11. The fourth-order valence-electron chi connectivity index (χ4n) is 2.02. The average Bonchev–Trinajstić information content (AvgIpc) is 2.37. The van der Waals surface area contributed by atoms with E-state index in [0.717, 1.165) is 13.1 Å². The summed E-state index contributed by atoms with van der Waals surface area (Å²) in [4.78, 5) is 4.16. The maximum Gasteiger partial charge on any atom is 0.0315 e. The number of benzene rings is 1. The van der Waals surface area contributed by atoms with Gasteiger partial charge in [0.05, 0.1) is 0 Å². The quantitative estimate of drug-likeness (QED) is 0.887. The molecule has 0 spiro atoms. The smallest absolute Gasteiger partial charge is 0.0315 e. The van der Waals surface area contributed by atoms with Crippen LogP contribution >= 0.6 is 0 Å². The van der Waals surface area contributed by atoms with Crippen molar-refractivity contribution in [2.24, 2.45) is 0 Å². The second-order valence-electron chi connectivity index (χ2n) is 4.76. The third-order valence-electron chi connectivity index (χ3n) is 3.50. The van der Waals surface area contributed by atoms with Gasteiger partial charge in [-0.05, 0) is 54.7 Å². The second kappa shape index (κ2) is 5.78. The molecule has 0 saturated heterocycles. The second-order valence-corrected chi connectivity index (χ2v) is 4.76. The highest BCUT2D eigenvalue weighted by molar-refractivity contribution is 5.33. The van der Waals surface area contributed by atoms with Crippen molar-refractivity contribution in [1.29, 1.82) is 0 Å². The van der Waals surface area contributed by atoms with Gasteiger partial charge in [-0.2, -0.15) is 0 Å². The predicted octanol–water partition coefficient (Wildman–Crippen LogP) is 3.30. The zero-order chi connectivity index (χ0) is 13.0. The fourth-order valence-corrected chi connectivity index (χ4v) is 2.02. The van der Waals surface area contributed by atoms with Crippen molar-refractivity contribution >= 4 is 0 Å². The molecular weight excluding hydrogens is 220 g/mol. The summed E-state index contributed by atoms with van der Waals surface area (Å²) in [6.07, 6.45) is 3.77. The Bertz CT molecular complexity index is 532. The monoisotopic (exact) mass is 240 g/mol. The van der Waals surface area contributed by atoms with Crippen LogP contribution in [-0.4, -0.2) is 4.98 Å².